The van der Waals surface area contributed by atoms with Crippen molar-refractivity contribution >= 4 is 10.0 Å². The van der Waals surface area contributed by atoms with E-state index in [2.05, 4.69) is 4.72 Å². The summed E-state index contributed by atoms with van der Waals surface area (Å²) in [5, 5.41) is 11.2. The Morgan fingerprint density at radius 2 is 1.71 bits per heavy atom. The van der Waals surface area contributed by atoms with Crippen LogP contribution in [0.15, 0.2) is 59.5 Å². The van der Waals surface area contributed by atoms with Crippen LogP contribution in [0.2, 0.25) is 0 Å². The molecule has 2 N–H and O–H groups in total. The second kappa shape index (κ2) is 6.67. The molecule has 0 bridgehead atoms. The molecule has 4 nitrogen and oxygen atoms in total. The van der Waals surface area contributed by atoms with Crippen LogP contribution in [0.1, 0.15) is 42.7 Å². The van der Waals surface area contributed by atoms with Crippen molar-refractivity contribution in [1.82, 2.24) is 4.72 Å². The Hall–Kier alpha value is -1.69. The van der Waals surface area contributed by atoms with Gasteiger partial charge in [0.25, 0.3) is 0 Å². The lowest BCUT2D eigenvalue weighted by Crippen LogP contribution is -2.54. The molecule has 0 amide bonds. The predicted octanol–water partition coefficient (Wildman–Crippen LogP) is 3.32. The second-order valence-electron chi connectivity index (χ2n) is 6.50. The van der Waals surface area contributed by atoms with Crippen molar-refractivity contribution in [2.45, 2.75) is 49.1 Å². The van der Waals surface area contributed by atoms with Crippen LogP contribution in [-0.2, 0) is 10.0 Å². The average Bonchev–Trinajstić information content (AvgIpc) is 2.55. The van der Waals surface area contributed by atoms with Crippen molar-refractivity contribution in [2.75, 3.05) is 0 Å². The maximum absolute atomic E-state index is 12.8. The number of aryl methyl sites for hydroxylation is 1. The summed E-state index contributed by atoms with van der Waals surface area (Å²) in [7, 11) is -3.79. The zero-order valence-electron chi connectivity index (χ0n) is 13.8. The fourth-order valence-electron chi connectivity index (χ4n) is 3.55. The first-order valence-corrected chi connectivity index (χ1v) is 9.78. The van der Waals surface area contributed by atoms with Crippen molar-refractivity contribution in [2.24, 2.45) is 0 Å². The standard InChI is InChI=1S/C19H23NO3S/c1-15-9-5-6-13-18(15)24(22,23)20-19(21)14-8-7-12-17(19)16-10-3-2-4-11-16/h2-6,9-11,13,17,20-21H,7-8,12,14H2,1H3. The molecule has 2 aromatic carbocycles. The van der Waals surface area contributed by atoms with Gasteiger partial charge in [0.15, 0.2) is 0 Å². The highest BCUT2D eigenvalue weighted by Crippen LogP contribution is 2.40. The van der Waals surface area contributed by atoms with Crippen molar-refractivity contribution < 1.29 is 13.5 Å². The Labute approximate surface area is 143 Å². The molecule has 2 unspecified atom stereocenters. The molecule has 1 fully saturated rings. The summed E-state index contributed by atoms with van der Waals surface area (Å²) in [6.45, 7) is 1.76. The van der Waals surface area contributed by atoms with Gasteiger partial charge in [0.1, 0.15) is 5.72 Å². The summed E-state index contributed by atoms with van der Waals surface area (Å²) < 4.78 is 28.3. The monoisotopic (exact) mass is 345 g/mol. The summed E-state index contributed by atoms with van der Waals surface area (Å²) in [6, 6.07) is 16.5. The smallest absolute Gasteiger partial charge is 0.243 e. The first-order chi connectivity index (χ1) is 11.4. The first kappa shape index (κ1) is 17.1. The third-order valence-electron chi connectivity index (χ3n) is 4.77. The maximum Gasteiger partial charge on any atom is 0.243 e. The molecule has 2 aromatic rings. The van der Waals surface area contributed by atoms with Crippen LogP contribution in [0.5, 0.6) is 0 Å². The van der Waals surface area contributed by atoms with Crippen molar-refractivity contribution in [3.63, 3.8) is 0 Å². The van der Waals surface area contributed by atoms with E-state index < -0.39 is 15.7 Å². The minimum absolute atomic E-state index is 0.218. The fourth-order valence-corrected chi connectivity index (χ4v) is 5.12. The minimum Gasteiger partial charge on any atom is -0.374 e. The van der Waals surface area contributed by atoms with Gasteiger partial charge in [-0.3, -0.25) is 0 Å². The average molecular weight is 345 g/mol. The molecule has 128 valence electrons. The molecule has 0 aromatic heterocycles. The summed E-state index contributed by atoms with van der Waals surface area (Å²) >= 11 is 0. The molecule has 5 heteroatoms. The van der Waals surface area contributed by atoms with Crippen LogP contribution < -0.4 is 4.72 Å². The quantitative estimate of drug-likeness (QED) is 0.836. The van der Waals surface area contributed by atoms with Gasteiger partial charge in [0.05, 0.1) is 4.90 Å². The number of aliphatic hydroxyl groups is 1. The van der Waals surface area contributed by atoms with E-state index in [0.29, 0.717) is 12.0 Å². The van der Waals surface area contributed by atoms with Gasteiger partial charge in [0, 0.05) is 5.92 Å². The second-order valence-corrected chi connectivity index (χ2v) is 8.16. The number of sulfonamides is 1. The SMILES string of the molecule is Cc1ccccc1S(=O)(=O)NC1(O)CCCCC1c1ccccc1. The Balaban J connectivity index is 1.95. The largest absolute Gasteiger partial charge is 0.374 e. The number of hydrogen-bond donors (Lipinski definition) is 2. The van der Waals surface area contributed by atoms with Gasteiger partial charge in [-0.2, -0.15) is 4.72 Å². The summed E-state index contributed by atoms with van der Waals surface area (Å²) in [4.78, 5) is 0.218. The summed E-state index contributed by atoms with van der Waals surface area (Å²) in [5.74, 6) is -0.244. The highest BCUT2D eigenvalue weighted by molar-refractivity contribution is 7.89. The zero-order chi connectivity index (χ0) is 17.2. The van der Waals surface area contributed by atoms with Crippen molar-refractivity contribution in [3.05, 3.63) is 65.7 Å². The summed E-state index contributed by atoms with van der Waals surface area (Å²) in [5.41, 5.74) is 0.175. The minimum atomic E-state index is -3.79. The molecule has 24 heavy (non-hydrogen) atoms. The number of benzene rings is 2. The van der Waals surface area contributed by atoms with Gasteiger partial charge >= 0.3 is 0 Å². The number of nitrogens with one attached hydrogen (secondary N) is 1. The molecule has 0 saturated heterocycles. The van der Waals surface area contributed by atoms with Crippen LogP contribution in [0.4, 0.5) is 0 Å². The topological polar surface area (TPSA) is 66.4 Å². The lowest BCUT2D eigenvalue weighted by Gasteiger charge is -2.40. The lowest BCUT2D eigenvalue weighted by atomic mass is 9.77. The molecule has 3 rings (SSSR count). The molecule has 2 atom stereocenters. The normalized spacial score (nSPS) is 24.7. The van der Waals surface area contributed by atoms with Crippen LogP contribution in [0.3, 0.4) is 0 Å². The third-order valence-corrected chi connectivity index (χ3v) is 6.43. The molecular weight excluding hydrogens is 322 g/mol. The highest BCUT2D eigenvalue weighted by Gasteiger charge is 2.43. The molecular formula is C19H23NO3S. The number of hydrogen-bond acceptors (Lipinski definition) is 3. The van der Waals surface area contributed by atoms with Crippen LogP contribution in [0.25, 0.3) is 0 Å². The molecule has 0 spiro atoms. The molecule has 1 aliphatic carbocycles. The van der Waals surface area contributed by atoms with Crippen molar-refractivity contribution in [3.8, 4) is 0 Å². The zero-order valence-corrected chi connectivity index (χ0v) is 14.6. The Morgan fingerprint density at radius 3 is 2.42 bits per heavy atom. The van der Waals surface area contributed by atoms with E-state index in [1.54, 1.807) is 31.2 Å². The Morgan fingerprint density at radius 1 is 1.04 bits per heavy atom. The number of rotatable bonds is 4. The van der Waals surface area contributed by atoms with E-state index in [1.807, 2.05) is 30.3 Å². The molecule has 0 heterocycles. The Bertz CT molecular complexity index is 804. The van der Waals surface area contributed by atoms with Crippen LogP contribution >= 0.6 is 0 Å². The van der Waals surface area contributed by atoms with Crippen LogP contribution in [-0.4, -0.2) is 19.2 Å². The molecule has 0 radical (unpaired) electrons. The van der Waals surface area contributed by atoms with E-state index in [9.17, 15) is 13.5 Å². The van der Waals surface area contributed by atoms with E-state index in [-0.39, 0.29) is 10.8 Å². The molecule has 1 aliphatic rings. The van der Waals surface area contributed by atoms with Crippen LogP contribution in [0, 0.1) is 6.92 Å². The van der Waals surface area contributed by atoms with Gasteiger partial charge in [-0.05, 0) is 43.4 Å². The molecule has 0 aliphatic heterocycles. The maximum atomic E-state index is 12.8. The van der Waals surface area contributed by atoms with Gasteiger partial charge in [0.2, 0.25) is 10.0 Å². The van der Waals surface area contributed by atoms with E-state index >= 15 is 0 Å². The Kier molecular flexibility index (Phi) is 4.76. The predicted molar refractivity (Wildman–Crippen MR) is 94.1 cm³/mol. The fraction of sp³-hybridized carbons (Fsp3) is 0.368. The van der Waals surface area contributed by atoms with Crippen molar-refractivity contribution in [1.29, 1.82) is 0 Å². The van der Waals surface area contributed by atoms with Gasteiger partial charge in [-0.15, -0.1) is 0 Å². The van der Waals surface area contributed by atoms with E-state index in [1.165, 1.54) is 0 Å². The molecule has 1 saturated carbocycles. The van der Waals surface area contributed by atoms with E-state index in [4.69, 9.17) is 0 Å². The highest BCUT2D eigenvalue weighted by atomic mass is 32.2. The van der Waals surface area contributed by atoms with Gasteiger partial charge in [-0.25, -0.2) is 8.42 Å². The van der Waals surface area contributed by atoms with Gasteiger partial charge in [-0.1, -0.05) is 55.0 Å². The van der Waals surface area contributed by atoms with E-state index in [0.717, 1.165) is 24.8 Å². The van der Waals surface area contributed by atoms with Gasteiger partial charge < -0.3 is 5.11 Å². The lowest BCUT2D eigenvalue weighted by molar-refractivity contribution is -0.0273. The summed E-state index contributed by atoms with van der Waals surface area (Å²) in [6.07, 6.45) is 2.96. The first-order valence-electron chi connectivity index (χ1n) is 8.29. The third kappa shape index (κ3) is 3.38.